The lowest BCUT2D eigenvalue weighted by atomic mass is 10.0. The molecule has 32 heavy (non-hydrogen) atoms. The highest BCUT2D eigenvalue weighted by molar-refractivity contribution is 6.34. The average Bonchev–Trinajstić information content (AvgIpc) is 2.80. The zero-order valence-electron chi connectivity index (χ0n) is 17.4. The number of carbonyl (C=O) groups is 1. The van der Waals surface area contributed by atoms with Crippen LogP contribution in [0.3, 0.4) is 0 Å². The van der Waals surface area contributed by atoms with Crippen molar-refractivity contribution in [3.8, 4) is 16.9 Å². The maximum atomic E-state index is 15.7. The van der Waals surface area contributed by atoms with Crippen molar-refractivity contribution in [3.63, 3.8) is 0 Å². The van der Waals surface area contributed by atoms with Gasteiger partial charge < -0.3 is 14.9 Å². The standard InChI is InChI=1S/C23H21ClF2N4O2/c1-3-17-27-22-13(23(28-17)30-10-8-29(9-11-30)18(32)4-2)12-14(24)19(21(22)26)20-15(25)6-5-7-16(20)31/h4-7,12,31H,2-3,8-11H2,1H3. The normalized spacial score (nSPS) is 14.1. The van der Waals surface area contributed by atoms with Gasteiger partial charge in [-0.1, -0.05) is 31.2 Å². The molecule has 1 saturated heterocycles. The summed E-state index contributed by atoms with van der Waals surface area (Å²) < 4.78 is 30.2. The van der Waals surface area contributed by atoms with Gasteiger partial charge in [-0.2, -0.15) is 0 Å². The second-order valence-electron chi connectivity index (χ2n) is 7.41. The topological polar surface area (TPSA) is 69.6 Å². The highest BCUT2D eigenvalue weighted by atomic mass is 35.5. The Bertz CT molecular complexity index is 1210. The second kappa shape index (κ2) is 8.70. The van der Waals surface area contributed by atoms with Crippen LogP contribution in [0.5, 0.6) is 5.75 Å². The van der Waals surface area contributed by atoms with Crippen molar-refractivity contribution < 1.29 is 18.7 Å². The molecule has 9 heteroatoms. The number of hydrogen-bond acceptors (Lipinski definition) is 5. The molecule has 0 saturated carbocycles. The van der Waals surface area contributed by atoms with Gasteiger partial charge in [0.25, 0.3) is 0 Å². The van der Waals surface area contributed by atoms with Crippen LogP contribution in [-0.2, 0) is 11.2 Å². The van der Waals surface area contributed by atoms with E-state index in [9.17, 15) is 14.3 Å². The number of aromatic nitrogens is 2. The lowest BCUT2D eigenvalue weighted by molar-refractivity contribution is -0.126. The van der Waals surface area contributed by atoms with E-state index in [1.54, 1.807) is 4.90 Å². The van der Waals surface area contributed by atoms with E-state index < -0.39 is 17.4 Å². The Hall–Kier alpha value is -3.26. The minimum Gasteiger partial charge on any atom is -0.507 e. The molecule has 0 unspecified atom stereocenters. The van der Waals surface area contributed by atoms with Gasteiger partial charge >= 0.3 is 0 Å². The number of rotatable bonds is 4. The molecule has 1 aliphatic heterocycles. The van der Waals surface area contributed by atoms with Crippen molar-refractivity contribution >= 4 is 34.2 Å². The third-order valence-electron chi connectivity index (χ3n) is 5.53. The van der Waals surface area contributed by atoms with E-state index in [0.29, 0.717) is 49.6 Å². The van der Waals surface area contributed by atoms with E-state index in [2.05, 4.69) is 16.5 Å². The van der Waals surface area contributed by atoms with Gasteiger partial charge in [0.05, 0.1) is 10.6 Å². The van der Waals surface area contributed by atoms with Crippen LogP contribution >= 0.6 is 11.6 Å². The van der Waals surface area contributed by atoms with Crippen molar-refractivity contribution in [1.82, 2.24) is 14.9 Å². The Morgan fingerprint density at radius 3 is 2.56 bits per heavy atom. The lowest BCUT2D eigenvalue weighted by Crippen LogP contribution is -2.48. The molecule has 6 nitrogen and oxygen atoms in total. The minimum absolute atomic E-state index is 0.00139. The highest BCUT2D eigenvalue weighted by Gasteiger charge is 2.27. The van der Waals surface area contributed by atoms with Gasteiger partial charge in [0, 0.05) is 43.5 Å². The first kappa shape index (κ1) is 22.0. The summed E-state index contributed by atoms with van der Waals surface area (Å²) >= 11 is 6.40. The molecule has 0 spiro atoms. The number of phenols is 1. The number of fused-ring (bicyclic) bond motifs is 1. The predicted molar refractivity (Wildman–Crippen MR) is 120 cm³/mol. The summed E-state index contributed by atoms with van der Waals surface area (Å²) in [6.45, 7) is 7.28. The molecule has 3 aromatic rings. The molecule has 1 fully saturated rings. The third-order valence-corrected chi connectivity index (χ3v) is 5.83. The summed E-state index contributed by atoms with van der Waals surface area (Å²) in [5.41, 5.74) is -0.562. The van der Waals surface area contributed by atoms with Gasteiger partial charge in [-0.05, 0) is 24.3 Å². The fourth-order valence-corrected chi connectivity index (χ4v) is 4.17. The average molecular weight is 459 g/mol. The van der Waals surface area contributed by atoms with Gasteiger partial charge in [-0.3, -0.25) is 4.79 Å². The summed E-state index contributed by atoms with van der Waals surface area (Å²) in [4.78, 5) is 24.5. The number of carbonyl (C=O) groups excluding carboxylic acids is 1. The number of phenolic OH excluding ortho intramolecular Hbond substituents is 1. The summed E-state index contributed by atoms with van der Waals surface area (Å²) in [6, 6.07) is 5.22. The smallest absolute Gasteiger partial charge is 0.246 e. The van der Waals surface area contributed by atoms with Gasteiger partial charge in [-0.25, -0.2) is 18.7 Å². The zero-order chi connectivity index (χ0) is 23.0. The molecule has 1 aromatic heterocycles. The Balaban J connectivity index is 1.86. The molecule has 0 bridgehead atoms. The van der Waals surface area contributed by atoms with Crippen molar-refractivity contribution in [2.45, 2.75) is 13.3 Å². The third kappa shape index (κ3) is 3.75. The Morgan fingerprint density at radius 2 is 1.94 bits per heavy atom. The molecule has 2 aromatic carbocycles. The highest BCUT2D eigenvalue weighted by Crippen LogP contribution is 2.42. The van der Waals surface area contributed by atoms with E-state index >= 15 is 4.39 Å². The first-order chi connectivity index (χ1) is 15.3. The Kier molecular flexibility index (Phi) is 5.97. The van der Waals surface area contributed by atoms with Crippen LogP contribution in [0.2, 0.25) is 5.02 Å². The zero-order valence-corrected chi connectivity index (χ0v) is 18.2. The summed E-state index contributed by atoms with van der Waals surface area (Å²) in [5, 5.41) is 10.5. The summed E-state index contributed by atoms with van der Waals surface area (Å²) in [5.74, 6) is -1.26. The van der Waals surface area contributed by atoms with Gasteiger partial charge in [-0.15, -0.1) is 0 Å². The number of piperazine rings is 1. The Morgan fingerprint density at radius 1 is 1.22 bits per heavy atom. The van der Waals surface area contributed by atoms with Crippen molar-refractivity contribution in [2.24, 2.45) is 0 Å². The van der Waals surface area contributed by atoms with Gasteiger partial charge in [0.15, 0.2) is 5.82 Å². The molecule has 4 rings (SSSR count). The fourth-order valence-electron chi connectivity index (χ4n) is 3.88. The van der Waals surface area contributed by atoms with Crippen molar-refractivity contribution in [1.29, 1.82) is 0 Å². The largest absolute Gasteiger partial charge is 0.507 e. The van der Waals surface area contributed by atoms with E-state index in [1.807, 2.05) is 11.8 Å². The van der Waals surface area contributed by atoms with Crippen molar-refractivity contribution in [3.05, 3.63) is 59.4 Å². The molecule has 166 valence electrons. The number of benzene rings is 2. The molecule has 2 heterocycles. The van der Waals surface area contributed by atoms with E-state index in [0.717, 1.165) is 6.07 Å². The molecule has 0 aliphatic carbocycles. The lowest BCUT2D eigenvalue weighted by Gasteiger charge is -2.35. The SMILES string of the molecule is C=CC(=O)N1CCN(c2nc(CC)nc3c(F)c(-c4c(O)cccc4F)c(Cl)cc23)CC1. The van der Waals surface area contributed by atoms with E-state index in [-0.39, 0.29) is 27.6 Å². The number of halogens is 3. The van der Waals surface area contributed by atoms with Crippen LogP contribution < -0.4 is 4.90 Å². The molecular formula is C23H21ClF2N4O2. The monoisotopic (exact) mass is 458 g/mol. The van der Waals surface area contributed by atoms with Crippen molar-refractivity contribution in [2.75, 3.05) is 31.1 Å². The molecule has 0 radical (unpaired) electrons. The number of aryl methyl sites for hydroxylation is 1. The number of hydrogen-bond donors (Lipinski definition) is 1. The molecule has 1 N–H and O–H groups in total. The van der Waals surface area contributed by atoms with Crippen LogP contribution in [0.1, 0.15) is 12.7 Å². The van der Waals surface area contributed by atoms with Crippen LogP contribution in [0.25, 0.3) is 22.0 Å². The first-order valence-electron chi connectivity index (χ1n) is 10.2. The number of nitrogens with zero attached hydrogens (tertiary/aromatic N) is 4. The quantitative estimate of drug-likeness (QED) is 0.589. The van der Waals surface area contributed by atoms with E-state index in [1.165, 1.54) is 24.3 Å². The maximum absolute atomic E-state index is 15.7. The van der Waals surface area contributed by atoms with Gasteiger partial charge in [0.2, 0.25) is 5.91 Å². The fraction of sp³-hybridized carbons (Fsp3) is 0.261. The van der Waals surface area contributed by atoms with Crippen LogP contribution in [-0.4, -0.2) is 52.1 Å². The summed E-state index contributed by atoms with van der Waals surface area (Å²) in [6.07, 6.45) is 1.74. The molecule has 1 aliphatic rings. The van der Waals surface area contributed by atoms with Gasteiger partial charge in [0.1, 0.15) is 28.7 Å². The number of anilines is 1. The first-order valence-corrected chi connectivity index (χ1v) is 10.6. The predicted octanol–water partition coefficient (Wildman–Crippen LogP) is 4.33. The number of amides is 1. The second-order valence-corrected chi connectivity index (χ2v) is 7.82. The molecule has 1 amide bonds. The minimum atomic E-state index is -0.827. The van der Waals surface area contributed by atoms with Crippen LogP contribution in [0, 0.1) is 11.6 Å². The maximum Gasteiger partial charge on any atom is 0.246 e. The number of aromatic hydroxyl groups is 1. The van der Waals surface area contributed by atoms with Crippen LogP contribution in [0.4, 0.5) is 14.6 Å². The molecular weight excluding hydrogens is 438 g/mol. The summed E-state index contributed by atoms with van der Waals surface area (Å²) in [7, 11) is 0. The van der Waals surface area contributed by atoms with E-state index in [4.69, 9.17) is 11.6 Å². The Labute approximate surface area is 188 Å². The molecule has 0 atom stereocenters. The van der Waals surface area contributed by atoms with Crippen LogP contribution in [0.15, 0.2) is 36.9 Å².